The molecule has 0 bridgehead atoms. The zero-order chi connectivity index (χ0) is 26.7. The normalized spacial score (nSPS) is 15.3. The molecular weight excluding hydrogens is 550 g/mol. The van der Waals surface area contributed by atoms with E-state index < -0.39 is 40.0 Å². The molecule has 0 aliphatic carbocycles. The molecule has 1 aliphatic heterocycles. The third kappa shape index (κ3) is 7.12. The number of carbonyl (C=O) groups is 1. The Balaban J connectivity index is 0.00000316. The number of hydrogen-bond acceptors (Lipinski definition) is 3. The summed E-state index contributed by atoms with van der Waals surface area (Å²) in [5.74, 6) is -2.34. The summed E-state index contributed by atoms with van der Waals surface area (Å²) in [4.78, 5) is 17.7. The number of hydrogen-bond donors (Lipinski definition) is 0. The van der Waals surface area contributed by atoms with Gasteiger partial charge in [-0.15, -0.1) is 0 Å². The fourth-order valence-corrected chi connectivity index (χ4v) is 3.81. The molecule has 0 unspecified atom stereocenters. The molecule has 0 fully saturated rings. The van der Waals surface area contributed by atoms with Gasteiger partial charge in [0.05, 0.1) is 33.6 Å². The van der Waals surface area contributed by atoms with E-state index in [1.807, 2.05) is 0 Å². The number of ketones is 1. The van der Waals surface area contributed by atoms with Crippen LogP contribution in [-0.2, 0) is 29.5 Å². The van der Waals surface area contributed by atoms with E-state index in [9.17, 15) is 26.7 Å². The van der Waals surface area contributed by atoms with Crippen LogP contribution in [-0.4, -0.2) is 17.5 Å². The summed E-state index contributed by atoms with van der Waals surface area (Å²) < 4.78 is 70.4. The van der Waals surface area contributed by atoms with Crippen molar-refractivity contribution >= 4 is 28.8 Å². The number of nitrogens with zero attached hydrogens (tertiary/aromatic N) is 2. The molecule has 0 saturated carbocycles. The molecule has 0 spiro atoms. The van der Waals surface area contributed by atoms with Crippen molar-refractivity contribution in [2.45, 2.75) is 39.4 Å². The Kier molecular flexibility index (Phi) is 13.0. The van der Waals surface area contributed by atoms with Crippen LogP contribution < -0.4 is 4.90 Å². The Morgan fingerprint density at radius 2 is 1.70 bits per heavy atom. The number of carbonyl (C=O) groups excluding carboxylic acids is 1. The number of Topliss-reactive ketones (excluding diaryl/α,β-unsaturated/α-hetero) is 1. The monoisotopic (exact) mass is 576 g/mol. The van der Waals surface area contributed by atoms with E-state index in [0.29, 0.717) is 0 Å². The van der Waals surface area contributed by atoms with Gasteiger partial charge in [0.15, 0.2) is 5.78 Å². The summed E-state index contributed by atoms with van der Waals surface area (Å²) in [6.07, 6.45) is -3.36. The van der Waals surface area contributed by atoms with Crippen LogP contribution in [0.5, 0.6) is 0 Å². The smallest absolute Gasteiger partial charge is 0.358 e. The molecule has 3 nitrogen and oxygen atoms in total. The van der Waals surface area contributed by atoms with Crippen LogP contribution in [0.15, 0.2) is 59.4 Å². The number of aliphatic imine (C=N–C) groups is 1. The van der Waals surface area contributed by atoms with E-state index in [2.05, 4.69) is 25.4 Å². The molecule has 1 atom stereocenters. The van der Waals surface area contributed by atoms with E-state index in [1.54, 1.807) is 13.8 Å². The maximum absolute atomic E-state index is 14.7. The molecular formula is C27H27ClF5N2OV-3. The summed E-state index contributed by atoms with van der Waals surface area (Å²) in [5.41, 5.74) is -1.98. The second-order valence-corrected chi connectivity index (χ2v) is 7.77. The molecule has 0 saturated heterocycles. The van der Waals surface area contributed by atoms with Crippen LogP contribution in [0.4, 0.5) is 27.6 Å². The average Bonchev–Trinajstić information content (AvgIpc) is 2.88. The van der Waals surface area contributed by atoms with Crippen LogP contribution in [0.1, 0.15) is 43.9 Å². The number of halogens is 6. The first kappa shape index (κ1) is 34.6. The zero-order valence-electron chi connectivity index (χ0n) is 20.9. The van der Waals surface area contributed by atoms with Crippen LogP contribution in [0.2, 0.25) is 5.02 Å². The fraction of sp³-hybridized carbons (Fsp3) is 0.222. The minimum absolute atomic E-state index is 0. The first-order valence-corrected chi connectivity index (χ1v) is 10.9. The van der Waals surface area contributed by atoms with E-state index in [1.165, 1.54) is 18.0 Å². The van der Waals surface area contributed by atoms with Crippen LogP contribution >= 0.6 is 11.6 Å². The van der Waals surface area contributed by atoms with Gasteiger partial charge in [0, 0.05) is 36.0 Å². The standard InChI is InChI=1S/C24H19ClF5N2O.C2H5.CH3.V/c1-5-15(14(4)33)11-32-13(3)12(2)31-23(20-17(26)7-6-8-18(20)27)21-19(32)10-9-16(22(21)25)24(28,29)30;1-2;;/h6-12H,1,3,5H2,2,4H3;1H2,2H3;1H3;/q3*-1;/b15-11-;;;/t12-;;;/m0.../s1. The summed E-state index contributed by atoms with van der Waals surface area (Å²) in [5, 5.41) is -0.777. The number of rotatable bonds is 4. The topological polar surface area (TPSA) is 32.7 Å². The Morgan fingerprint density at radius 1 is 1.16 bits per heavy atom. The minimum Gasteiger partial charge on any atom is -0.358 e. The number of benzene rings is 2. The molecule has 1 aliphatic rings. The second kappa shape index (κ2) is 13.9. The maximum Gasteiger partial charge on any atom is 0.417 e. The molecule has 201 valence electrons. The Morgan fingerprint density at radius 3 is 2.16 bits per heavy atom. The van der Waals surface area contributed by atoms with Crippen molar-refractivity contribution in [2.24, 2.45) is 4.99 Å². The number of benzodiazepines with no additional fused rings is 1. The molecule has 0 aromatic heterocycles. The molecule has 2 aromatic carbocycles. The van der Waals surface area contributed by atoms with Gasteiger partial charge in [0.25, 0.3) is 0 Å². The van der Waals surface area contributed by atoms with Gasteiger partial charge in [0.1, 0.15) is 11.6 Å². The van der Waals surface area contributed by atoms with E-state index in [-0.39, 0.29) is 66.4 Å². The van der Waals surface area contributed by atoms with Crippen LogP contribution in [0.3, 0.4) is 0 Å². The van der Waals surface area contributed by atoms with Crippen molar-refractivity contribution in [2.75, 3.05) is 4.90 Å². The molecule has 37 heavy (non-hydrogen) atoms. The van der Waals surface area contributed by atoms with Gasteiger partial charge in [-0.25, -0.2) is 8.78 Å². The number of anilines is 1. The molecule has 0 amide bonds. The fourth-order valence-electron chi connectivity index (χ4n) is 3.45. The molecule has 1 heterocycles. The number of alkyl halides is 3. The minimum atomic E-state index is -4.83. The molecule has 3 rings (SSSR count). The Hall–Kier alpha value is -2.42. The zero-order valence-corrected chi connectivity index (χ0v) is 23.0. The van der Waals surface area contributed by atoms with Crippen molar-refractivity contribution in [1.82, 2.24) is 0 Å². The Bertz CT molecular complexity index is 1190. The summed E-state index contributed by atoms with van der Waals surface area (Å²) in [6, 6.07) is 4.12. The summed E-state index contributed by atoms with van der Waals surface area (Å²) in [7, 11) is 0. The molecule has 10 heteroatoms. The van der Waals surface area contributed by atoms with Crippen molar-refractivity contribution in [1.29, 1.82) is 0 Å². The van der Waals surface area contributed by atoms with Gasteiger partial charge in [-0.3, -0.25) is 9.79 Å². The van der Waals surface area contributed by atoms with E-state index >= 15 is 0 Å². The van der Waals surface area contributed by atoms with Gasteiger partial charge in [-0.1, -0.05) is 24.2 Å². The van der Waals surface area contributed by atoms with E-state index in [0.717, 1.165) is 30.3 Å². The third-order valence-corrected chi connectivity index (χ3v) is 5.63. The van der Waals surface area contributed by atoms with E-state index in [4.69, 9.17) is 11.6 Å². The first-order valence-electron chi connectivity index (χ1n) is 10.5. The SMILES string of the molecule is C=C1[C@H](C)N=C(c2c(F)cccc2F)c2c(ccc(C(F)(F)F)c2Cl)N1/C=C(/C[CH2-])C(C)=O.[CH2-]C.[CH3-].[V]. The van der Waals surface area contributed by atoms with Crippen molar-refractivity contribution in [3.05, 3.63) is 109 Å². The average molecular weight is 577 g/mol. The molecule has 1 radical (unpaired) electrons. The van der Waals surface area contributed by atoms with Gasteiger partial charge in [-0.05, 0) is 43.7 Å². The number of fused-ring (bicyclic) bond motifs is 1. The molecule has 2 aromatic rings. The second-order valence-electron chi connectivity index (χ2n) is 7.39. The summed E-state index contributed by atoms with van der Waals surface area (Å²) >= 11 is 6.22. The molecule has 0 N–H and O–H groups in total. The first-order chi connectivity index (χ1) is 16.4. The number of allylic oxidation sites excluding steroid dienone is 1. The van der Waals surface area contributed by atoms with Gasteiger partial charge >= 0.3 is 6.18 Å². The van der Waals surface area contributed by atoms with Crippen LogP contribution in [0, 0.1) is 32.9 Å². The van der Waals surface area contributed by atoms with Crippen LogP contribution in [0.25, 0.3) is 0 Å². The van der Waals surface area contributed by atoms with Crippen molar-refractivity contribution < 1.29 is 45.3 Å². The Labute approximate surface area is 232 Å². The predicted octanol–water partition coefficient (Wildman–Crippen LogP) is 8.18. The quantitative estimate of drug-likeness (QED) is 0.209. The predicted molar refractivity (Wildman–Crippen MR) is 136 cm³/mol. The summed E-state index contributed by atoms with van der Waals surface area (Å²) in [6.45, 7) is 15.5. The third-order valence-electron chi connectivity index (χ3n) is 5.24. The van der Waals surface area contributed by atoms with Gasteiger partial charge < -0.3 is 26.2 Å². The van der Waals surface area contributed by atoms with Gasteiger partial charge in [-0.2, -0.15) is 26.5 Å². The maximum atomic E-state index is 14.7. The van der Waals surface area contributed by atoms with Crippen molar-refractivity contribution in [3.8, 4) is 0 Å². The van der Waals surface area contributed by atoms with Crippen molar-refractivity contribution in [3.63, 3.8) is 0 Å². The van der Waals surface area contributed by atoms with Gasteiger partial charge in [0.2, 0.25) is 0 Å². The largest absolute Gasteiger partial charge is 0.417 e.